The predicted molar refractivity (Wildman–Crippen MR) is 137 cm³/mol. The number of fused-ring (bicyclic) bond motifs is 2. The summed E-state index contributed by atoms with van der Waals surface area (Å²) in [6, 6.07) is 15.6. The van der Waals surface area contributed by atoms with Crippen LogP contribution in [0.2, 0.25) is 0 Å². The van der Waals surface area contributed by atoms with Crippen LogP contribution in [0.4, 0.5) is 5.69 Å². The zero-order valence-corrected chi connectivity index (χ0v) is 20.7. The molecule has 5 aromatic rings. The molecule has 0 saturated carbocycles. The highest BCUT2D eigenvalue weighted by Crippen LogP contribution is 2.39. The van der Waals surface area contributed by atoms with Gasteiger partial charge in [0.15, 0.2) is 5.75 Å². The molecule has 2 heterocycles. The van der Waals surface area contributed by atoms with Crippen LogP contribution in [0.15, 0.2) is 70.2 Å². The Morgan fingerprint density at radius 1 is 1.03 bits per heavy atom. The monoisotopic (exact) mass is 504 g/mol. The molecule has 0 bridgehead atoms. The average Bonchev–Trinajstić information content (AvgIpc) is 3.37. The third kappa shape index (κ3) is 4.40. The molecule has 0 aliphatic rings. The fourth-order valence-electron chi connectivity index (χ4n) is 4.36. The Labute approximate surface area is 207 Å². The van der Waals surface area contributed by atoms with Crippen molar-refractivity contribution >= 4 is 43.6 Å². The molecule has 0 saturated heterocycles. The molecule has 3 aromatic carbocycles. The van der Waals surface area contributed by atoms with E-state index in [1.54, 1.807) is 43.3 Å². The summed E-state index contributed by atoms with van der Waals surface area (Å²) in [6.45, 7) is 5.56. The lowest BCUT2D eigenvalue weighted by Crippen LogP contribution is -2.15. The normalized spacial score (nSPS) is 11.8. The van der Waals surface area contributed by atoms with Crippen molar-refractivity contribution in [1.29, 1.82) is 0 Å². The third-order valence-corrected chi connectivity index (χ3v) is 7.46. The molecule has 36 heavy (non-hydrogen) atoms. The van der Waals surface area contributed by atoms with Gasteiger partial charge in [-0.2, -0.15) is 0 Å². The lowest BCUT2D eigenvalue weighted by Gasteiger charge is -2.16. The second-order valence-corrected chi connectivity index (χ2v) is 10.5. The maximum absolute atomic E-state index is 13.4. The molecule has 0 aliphatic heterocycles. The third-order valence-electron chi connectivity index (χ3n) is 5.95. The topological polar surface area (TPSA) is 122 Å². The average molecular weight is 505 g/mol. The summed E-state index contributed by atoms with van der Waals surface area (Å²) in [4.78, 5) is 14.5. The standard InChI is InChI=1S/C27H24N2O6S/c1-15-4-9-25(16(2)10-15)36(32,33)29-27-21-11-17(3)28-22(21)7-8-23(27)35-19-5-6-20-18(12-26(30)31)14-34-24(20)13-19/h4-11,13-14,28-29H,12H2,1-3H3,(H,30,31). The quantitative estimate of drug-likeness (QED) is 0.248. The molecular weight excluding hydrogens is 480 g/mol. The first-order valence-electron chi connectivity index (χ1n) is 11.2. The molecule has 2 aromatic heterocycles. The number of carboxylic acids is 1. The largest absolute Gasteiger partial charge is 0.481 e. The fraction of sp³-hybridized carbons (Fsp3) is 0.148. The number of aromatic nitrogens is 1. The van der Waals surface area contributed by atoms with Crippen LogP contribution in [0.3, 0.4) is 0 Å². The molecule has 0 spiro atoms. The van der Waals surface area contributed by atoms with E-state index in [9.17, 15) is 13.2 Å². The molecule has 5 rings (SSSR count). The number of sulfonamides is 1. The molecule has 9 heteroatoms. The van der Waals surface area contributed by atoms with Gasteiger partial charge >= 0.3 is 5.97 Å². The Morgan fingerprint density at radius 3 is 2.58 bits per heavy atom. The van der Waals surface area contributed by atoms with Crippen LogP contribution in [0.1, 0.15) is 22.4 Å². The number of carbonyl (C=O) groups is 1. The molecule has 0 atom stereocenters. The second kappa shape index (κ2) is 8.76. The first-order chi connectivity index (χ1) is 17.1. The molecule has 0 radical (unpaired) electrons. The van der Waals surface area contributed by atoms with Gasteiger partial charge in [-0.1, -0.05) is 17.7 Å². The fourth-order valence-corrected chi connectivity index (χ4v) is 5.68. The van der Waals surface area contributed by atoms with Crippen molar-refractivity contribution in [2.45, 2.75) is 32.1 Å². The summed E-state index contributed by atoms with van der Waals surface area (Å²) in [5.74, 6) is -0.224. The van der Waals surface area contributed by atoms with Gasteiger partial charge in [-0.05, 0) is 62.7 Å². The first-order valence-corrected chi connectivity index (χ1v) is 12.7. The highest BCUT2D eigenvalue weighted by Gasteiger charge is 2.22. The van der Waals surface area contributed by atoms with E-state index in [0.29, 0.717) is 44.7 Å². The molecular formula is C27H24N2O6S. The summed E-state index contributed by atoms with van der Waals surface area (Å²) in [5, 5.41) is 10.4. The van der Waals surface area contributed by atoms with Crippen molar-refractivity contribution in [2.24, 2.45) is 0 Å². The first kappa shape index (κ1) is 23.5. The number of aryl methyl sites for hydroxylation is 3. The molecule has 0 unspecified atom stereocenters. The molecule has 8 nitrogen and oxygen atoms in total. The summed E-state index contributed by atoms with van der Waals surface area (Å²) >= 11 is 0. The van der Waals surface area contributed by atoms with E-state index >= 15 is 0 Å². The van der Waals surface area contributed by atoms with Gasteiger partial charge in [0, 0.05) is 33.6 Å². The number of hydrogen-bond acceptors (Lipinski definition) is 5. The maximum atomic E-state index is 13.4. The highest BCUT2D eigenvalue weighted by molar-refractivity contribution is 7.92. The van der Waals surface area contributed by atoms with Crippen LogP contribution in [-0.4, -0.2) is 24.5 Å². The lowest BCUT2D eigenvalue weighted by molar-refractivity contribution is -0.136. The number of H-pyrrole nitrogens is 1. The van der Waals surface area contributed by atoms with Gasteiger partial charge in [0.25, 0.3) is 10.0 Å². The van der Waals surface area contributed by atoms with Gasteiger partial charge in [-0.15, -0.1) is 0 Å². The number of hydrogen-bond donors (Lipinski definition) is 3. The van der Waals surface area contributed by atoms with Gasteiger partial charge in [-0.25, -0.2) is 8.42 Å². The van der Waals surface area contributed by atoms with Gasteiger partial charge in [0.2, 0.25) is 0 Å². The second-order valence-electron chi connectivity index (χ2n) is 8.82. The van der Waals surface area contributed by atoms with Gasteiger partial charge in [-0.3, -0.25) is 9.52 Å². The van der Waals surface area contributed by atoms with E-state index in [0.717, 1.165) is 16.8 Å². The highest BCUT2D eigenvalue weighted by atomic mass is 32.2. The molecule has 184 valence electrons. The molecule has 0 amide bonds. The number of aromatic amines is 1. The minimum absolute atomic E-state index is 0.152. The molecule has 0 fully saturated rings. The molecule has 0 aliphatic carbocycles. The Balaban J connectivity index is 1.56. The minimum atomic E-state index is -3.92. The number of furan rings is 1. The van der Waals surface area contributed by atoms with E-state index in [-0.39, 0.29) is 11.3 Å². The van der Waals surface area contributed by atoms with Crippen LogP contribution >= 0.6 is 0 Å². The minimum Gasteiger partial charge on any atom is -0.481 e. The Morgan fingerprint density at radius 2 is 1.83 bits per heavy atom. The number of ether oxygens (including phenoxy) is 1. The zero-order valence-electron chi connectivity index (χ0n) is 19.9. The summed E-state index contributed by atoms with van der Waals surface area (Å²) in [7, 11) is -3.92. The predicted octanol–water partition coefficient (Wildman–Crippen LogP) is 6.06. The van der Waals surface area contributed by atoms with Crippen LogP contribution < -0.4 is 9.46 Å². The van der Waals surface area contributed by atoms with E-state index in [2.05, 4.69) is 9.71 Å². The van der Waals surface area contributed by atoms with Gasteiger partial charge in [0.1, 0.15) is 17.0 Å². The van der Waals surface area contributed by atoms with E-state index < -0.39 is 16.0 Å². The van der Waals surface area contributed by atoms with E-state index in [1.165, 1.54) is 6.26 Å². The number of anilines is 1. The van der Waals surface area contributed by atoms with Crippen molar-refractivity contribution in [3.05, 3.63) is 83.2 Å². The van der Waals surface area contributed by atoms with Crippen molar-refractivity contribution in [3.8, 4) is 11.5 Å². The smallest absolute Gasteiger partial charge is 0.307 e. The van der Waals surface area contributed by atoms with E-state index in [1.807, 2.05) is 32.0 Å². The van der Waals surface area contributed by atoms with Gasteiger partial charge in [0.05, 0.1) is 17.6 Å². The van der Waals surface area contributed by atoms with Crippen molar-refractivity contribution < 1.29 is 27.5 Å². The zero-order chi connectivity index (χ0) is 25.6. The van der Waals surface area contributed by atoms with E-state index in [4.69, 9.17) is 14.3 Å². The summed E-state index contributed by atoms with van der Waals surface area (Å²) in [6.07, 6.45) is 1.27. The van der Waals surface area contributed by atoms with Crippen molar-refractivity contribution in [3.63, 3.8) is 0 Å². The van der Waals surface area contributed by atoms with Crippen molar-refractivity contribution in [1.82, 2.24) is 4.98 Å². The van der Waals surface area contributed by atoms with Gasteiger partial charge < -0.3 is 19.2 Å². The van der Waals surface area contributed by atoms with Crippen LogP contribution in [0.5, 0.6) is 11.5 Å². The SMILES string of the molecule is Cc1ccc(S(=O)(=O)Nc2c(Oc3ccc4c(CC(=O)O)coc4c3)ccc3[nH]c(C)cc23)c(C)c1. The Bertz CT molecular complexity index is 1750. The lowest BCUT2D eigenvalue weighted by atomic mass is 10.1. The van der Waals surface area contributed by atoms with Crippen LogP contribution in [-0.2, 0) is 21.2 Å². The number of nitrogens with one attached hydrogen (secondary N) is 2. The summed E-state index contributed by atoms with van der Waals surface area (Å²) in [5.41, 5.74) is 4.59. The summed E-state index contributed by atoms with van der Waals surface area (Å²) < 4.78 is 41.2. The Kier molecular flexibility index (Phi) is 5.72. The number of benzene rings is 3. The number of aliphatic carboxylic acids is 1. The van der Waals surface area contributed by atoms with Crippen molar-refractivity contribution in [2.75, 3.05) is 4.72 Å². The molecule has 3 N–H and O–H groups in total. The van der Waals surface area contributed by atoms with Crippen LogP contribution in [0, 0.1) is 20.8 Å². The Hall–Kier alpha value is -4.24. The number of rotatable bonds is 7. The maximum Gasteiger partial charge on any atom is 0.307 e. The van der Waals surface area contributed by atoms with Crippen LogP contribution in [0.25, 0.3) is 21.9 Å². The number of carboxylic acid groups (broad SMARTS) is 1.